The second kappa shape index (κ2) is 9.60. The molecule has 0 heterocycles. The molecule has 2 aromatic carbocycles. The number of rotatable bonds is 10. The Labute approximate surface area is 190 Å². The van der Waals surface area contributed by atoms with Crippen molar-refractivity contribution >= 4 is 11.1 Å². The van der Waals surface area contributed by atoms with E-state index in [2.05, 4.69) is 88.4 Å². The highest BCUT2D eigenvalue weighted by atomic mass is 14.5. The van der Waals surface area contributed by atoms with Gasteiger partial charge in [-0.1, -0.05) is 114 Å². The minimum atomic E-state index is 0.144. The van der Waals surface area contributed by atoms with E-state index >= 15 is 0 Å². The fourth-order valence-electron chi connectivity index (χ4n) is 5.87. The van der Waals surface area contributed by atoms with Gasteiger partial charge in [0.15, 0.2) is 0 Å². The van der Waals surface area contributed by atoms with E-state index < -0.39 is 0 Å². The largest absolute Gasteiger partial charge is 0.0726 e. The Bertz CT molecular complexity index is 878. The summed E-state index contributed by atoms with van der Waals surface area (Å²) in [5.41, 5.74) is 9.42. The van der Waals surface area contributed by atoms with Crippen LogP contribution in [-0.2, 0) is 0 Å². The minimum Gasteiger partial charge on any atom is -0.0726 e. The van der Waals surface area contributed by atoms with E-state index in [1.807, 2.05) is 0 Å². The van der Waals surface area contributed by atoms with Gasteiger partial charge >= 0.3 is 0 Å². The Kier molecular flexibility index (Phi) is 6.85. The molecular weight excluding hydrogens is 372 g/mol. The van der Waals surface area contributed by atoms with Gasteiger partial charge in [0, 0.05) is 11.8 Å². The topological polar surface area (TPSA) is 0 Å². The Hall–Kier alpha value is -2.08. The van der Waals surface area contributed by atoms with Crippen LogP contribution in [0.1, 0.15) is 113 Å². The SMILES string of the molecule is CCCCCC1=CC(C(C)(C)C2C=C(CCCCC)c3ccccc32)c2ccccc21. The first-order chi connectivity index (χ1) is 15.1. The highest BCUT2D eigenvalue weighted by Crippen LogP contribution is 2.56. The van der Waals surface area contributed by atoms with Crippen LogP contribution in [0.25, 0.3) is 11.1 Å². The quantitative estimate of drug-likeness (QED) is 0.341. The lowest BCUT2D eigenvalue weighted by atomic mass is 9.66. The highest BCUT2D eigenvalue weighted by molar-refractivity contribution is 5.77. The number of hydrogen-bond donors (Lipinski definition) is 0. The molecule has 0 amide bonds. The summed E-state index contributed by atoms with van der Waals surface area (Å²) in [6.07, 6.45) is 15.5. The first-order valence-electron chi connectivity index (χ1n) is 12.7. The normalized spacial score (nSPS) is 19.7. The molecule has 0 N–H and O–H groups in total. The van der Waals surface area contributed by atoms with Crippen LogP contribution in [0.4, 0.5) is 0 Å². The van der Waals surface area contributed by atoms with Crippen molar-refractivity contribution < 1.29 is 0 Å². The van der Waals surface area contributed by atoms with Gasteiger partial charge in [0.05, 0.1) is 0 Å². The van der Waals surface area contributed by atoms with Gasteiger partial charge in [0.25, 0.3) is 0 Å². The molecule has 164 valence electrons. The smallest absolute Gasteiger partial charge is 0.00900 e. The van der Waals surface area contributed by atoms with Crippen molar-refractivity contribution in [3.63, 3.8) is 0 Å². The van der Waals surface area contributed by atoms with E-state index in [0.29, 0.717) is 11.8 Å². The molecule has 0 bridgehead atoms. The van der Waals surface area contributed by atoms with E-state index in [1.165, 1.54) is 62.5 Å². The molecule has 2 aliphatic rings. The second-order valence-electron chi connectivity index (χ2n) is 10.2. The molecule has 2 aliphatic carbocycles. The van der Waals surface area contributed by atoms with E-state index in [4.69, 9.17) is 0 Å². The third-order valence-electron chi connectivity index (χ3n) is 7.72. The molecule has 0 heteroatoms. The van der Waals surface area contributed by atoms with Gasteiger partial charge < -0.3 is 0 Å². The molecule has 2 aromatic rings. The zero-order valence-corrected chi connectivity index (χ0v) is 20.1. The van der Waals surface area contributed by atoms with Crippen molar-refractivity contribution in [1.29, 1.82) is 0 Å². The maximum atomic E-state index is 2.63. The number of fused-ring (bicyclic) bond motifs is 2. The summed E-state index contributed by atoms with van der Waals surface area (Å²) in [5, 5.41) is 0. The van der Waals surface area contributed by atoms with Crippen LogP contribution in [0.3, 0.4) is 0 Å². The maximum absolute atomic E-state index is 2.63. The molecule has 2 unspecified atom stereocenters. The third-order valence-corrected chi connectivity index (χ3v) is 7.72. The van der Waals surface area contributed by atoms with Gasteiger partial charge in [0.2, 0.25) is 0 Å². The Morgan fingerprint density at radius 3 is 1.45 bits per heavy atom. The van der Waals surface area contributed by atoms with Crippen molar-refractivity contribution in [1.82, 2.24) is 0 Å². The molecule has 0 radical (unpaired) electrons. The number of benzene rings is 2. The van der Waals surface area contributed by atoms with Gasteiger partial charge in [-0.25, -0.2) is 0 Å². The van der Waals surface area contributed by atoms with Crippen molar-refractivity contribution in [3.05, 3.63) is 82.9 Å². The van der Waals surface area contributed by atoms with Crippen molar-refractivity contribution in [2.75, 3.05) is 0 Å². The fourth-order valence-corrected chi connectivity index (χ4v) is 5.87. The molecule has 31 heavy (non-hydrogen) atoms. The summed E-state index contributed by atoms with van der Waals surface area (Å²) in [6.45, 7) is 9.61. The molecular formula is C31H40. The van der Waals surface area contributed by atoms with Gasteiger partial charge in [-0.2, -0.15) is 0 Å². The lowest BCUT2D eigenvalue weighted by molar-refractivity contribution is 0.291. The maximum Gasteiger partial charge on any atom is 0.00900 e. The van der Waals surface area contributed by atoms with Gasteiger partial charge in [-0.15, -0.1) is 0 Å². The molecule has 0 aliphatic heterocycles. The monoisotopic (exact) mass is 412 g/mol. The van der Waals surface area contributed by atoms with Crippen molar-refractivity contribution in [3.8, 4) is 0 Å². The molecule has 0 spiro atoms. The summed E-state index contributed by atoms with van der Waals surface area (Å²) < 4.78 is 0. The summed E-state index contributed by atoms with van der Waals surface area (Å²) in [7, 11) is 0. The molecule has 0 saturated heterocycles. The average molecular weight is 413 g/mol. The van der Waals surface area contributed by atoms with Gasteiger partial charge in [-0.3, -0.25) is 0 Å². The summed E-state index contributed by atoms with van der Waals surface area (Å²) in [4.78, 5) is 0. The van der Waals surface area contributed by atoms with Crippen LogP contribution in [0, 0.1) is 5.41 Å². The van der Waals surface area contributed by atoms with Crippen LogP contribution in [0.5, 0.6) is 0 Å². The Morgan fingerprint density at radius 2 is 1.03 bits per heavy atom. The lowest BCUT2D eigenvalue weighted by Gasteiger charge is -2.37. The van der Waals surface area contributed by atoms with Crippen molar-refractivity contribution in [2.24, 2.45) is 5.41 Å². The predicted molar refractivity (Wildman–Crippen MR) is 136 cm³/mol. The molecule has 0 saturated carbocycles. The predicted octanol–water partition coefficient (Wildman–Crippen LogP) is 9.53. The molecule has 0 nitrogen and oxygen atoms in total. The summed E-state index contributed by atoms with van der Waals surface area (Å²) in [5.74, 6) is 0.953. The molecule has 0 aromatic heterocycles. The standard InChI is InChI=1S/C31H40/c1-5-7-9-15-23-21-29(27-19-13-11-17-25(23)27)31(3,4)30-22-24(16-10-8-6-2)26-18-12-14-20-28(26)30/h11-14,17-22,29-30H,5-10,15-16H2,1-4H3. The van der Waals surface area contributed by atoms with E-state index in [9.17, 15) is 0 Å². The molecule has 4 rings (SSSR count). The molecule has 2 atom stereocenters. The van der Waals surface area contributed by atoms with Crippen LogP contribution in [0.2, 0.25) is 0 Å². The zero-order valence-electron chi connectivity index (χ0n) is 20.1. The summed E-state index contributed by atoms with van der Waals surface area (Å²) >= 11 is 0. The minimum absolute atomic E-state index is 0.144. The Balaban J connectivity index is 1.67. The average Bonchev–Trinajstić information content (AvgIpc) is 3.34. The van der Waals surface area contributed by atoms with Gasteiger partial charge in [-0.05, 0) is 64.5 Å². The number of allylic oxidation sites excluding steroid dienone is 4. The third kappa shape index (κ3) is 4.32. The van der Waals surface area contributed by atoms with Crippen LogP contribution in [-0.4, -0.2) is 0 Å². The fraction of sp³-hybridized carbons (Fsp3) is 0.484. The van der Waals surface area contributed by atoms with E-state index in [0.717, 1.165) is 0 Å². The van der Waals surface area contributed by atoms with Crippen molar-refractivity contribution in [2.45, 2.75) is 90.9 Å². The van der Waals surface area contributed by atoms with E-state index in [1.54, 1.807) is 22.3 Å². The van der Waals surface area contributed by atoms with Crippen LogP contribution < -0.4 is 0 Å². The first-order valence-corrected chi connectivity index (χ1v) is 12.7. The zero-order chi connectivity index (χ0) is 21.8. The van der Waals surface area contributed by atoms with Crippen LogP contribution in [0.15, 0.2) is 60.7 Å². The Morgan fingerprint density at radius 1 is 0.613 bits per heavy atom. The van der Waals surface area contributed by atoms with Gasteiger partial charge in [0.1, 0.15) is 0 Å². The highest BCUT2D eigenvalue weighted by Gasteiger charge is 2.43. The number of hydrogen-bond acceptors (Lipinski definition) is 0. The molecule has 0 fully saturated rings. The first kappa shape index (κ1) is 22.1. The number of unbranched alkanes of at least 4 members (excludes halogenated alkanes) is 4. The second-order valence-corrected chi connectivity index (χ2v) is 10.2. The van der Waals surface area contributed by atoms with E-state index in [-0.39, 0.29) is 5.41 Å². The lowest BCUT2D eigenvalue weighted by Crippen LogP contribution is -2.26. The summed E-state index contributed by atoms with van der Waals surface area (Å²) in [6, 6.07) is 18.4. The van der Waals surface area contributed by atoms with Crippen LogP contribution >= 0.6 is 0 Å².